The average Bonchev–Trinajstić information content (AvgIpc) is 2.63. The summed E-state index contributed by atoms with van der Waals surface area (Å²) in [7, 11) is 1.62. The number of nitrogen functional groups attached to an aromatic ring is 1. The molecule has 2 aromatic rings. The zero-order chi connectivity index (χ0) is 14.9. The van der Waals surface area contributed by atoms with E-state index in [1.807, 2.05) is 0 Å². The number of nitrogens with one attached hydrogen (secondary N) is 1. The molecule has 0 saturated carbocycles. The highest BCUT2D eigenvalue weighted by Crippen LogP contribution is 2.19. The van der Waals surface area contributed by atoms with Crippen molar-refractivity contribution in [2.75, 3.05) is 11.1 Å². The molecule has 0 fully saturated rings. The largest absolute Gasteiger partial charge is 0.395 e. The summed E-state index contributed by atoms with van der Waals surface area (Å²) in [6.07, 6.45) is 0. The van der Waals surface area contributed by atoms with E-state index in [4.69, 9.17) is 11.5 Å². The minimum atomic E-state index is -0.616. The summed E-state index contributed by atoms with van der Waals surface area (Å²) in [5, 5.41) is 6.69. The van der Waals surface area contributed by atoms with Crippen LogP contribution in [-0.2, 0) is 7.05 Å². The van der Waals surface area contributed by atoms with Gasteiger partial charge in [-0.2, -0.15) is 5.10 Å². The van der Waals surface area contributed by atoms with Crippen LogP contribution in [0.15, 0.2) is 24.3 Å². The average molecular weight is 273 g/mol. The molecular formula is C13H15N5O2. The van der Waals surface area contributed by atoms with Crippen LogP contribution in [0.3, 0.4) is 0 Å². The molecule has 0 radical (unpaired) electrons. The van der Waals surface area contributed by atoms with Gasteiger partial charge in [-0.15, -0.1) is 0 Å². The number of primary amides is 1. The molecule has 1 heterocycles. The third-order valence-corrected chi connectivity index (χ3v) is 2.92. The summed E-state index contributed by atoms with van der Waals surface area (Å²) in [5.41, 5.74) is 12.8. The maximum Gasteiger partial charge on any atom is 0.276 e. The lowest BCUT2D eigenvalue weighted by Crippen LogP contribution is -2.21. The van der Waals surface area contributed by atoms with Gasteiger partial charge in [-0.1, -0.05) is 12.1 Å². The second-order valence-corrected chi connectivity index (χ2v) is 4.34. The predicted molar refractivity (Wildman–Crippen MR) is 75.3 cm³/mol. The third-order valence-electron chi connectivity index (χ3n) is 2.92. The topological polar surface area (TPSA) is 116 Å². The SMILES string of the molecule is Cc1nn(C)c(C(=O)Nc2ccccc2C(N)=O)c1N. The molecular weight excluding hydrogens is 258 g/mol. The lowest BCUT2D eigenvalue weighted by molar-refractivity contribution is 0.100. The van der Waals surface area contributed by atoms with Gasteiger partial charge in [0.2, 0.25) is 0 Å². The Kier molecular flexibility index (Phi) is 3.43. The first-order valence-corrected chi connectivity index (χ1v) is 5.91. The van der Waals surface area contributed by atoms with Crippen molar-refractivity contribution < 1.29 is 9.59 Å². The van der Waals surface area contributed by atoms with Crippen molar-refractivity contribution in [3.05, 3.63) is 41.2 Å². The van der Waals surface area contributed by atoms with Crippen LogP contribution in [0.25, 0.3) is 0 Å². The first-order valence-electron chi connectivity index (χ1n) is 5.91. The molecule has 0 aliphatic heterocycles. The highest BCUT2D eigenvalue weighted by Gasteiger charge is 2.19. The van der Waals surface area contributed by atoms with E-state index in [0.29, 0.717) is 17.1 Å². The second kappa shape index (κ2) is 5.04. The number of aromatic nitrogens is 2. The van der Waals surface area contributed by atoms with Crippen LogP contribution >= 0.6 is 0 Å². The van der Waals surface area contributed by atoms with Gasteiger partial charge in [-0.05, 0) is 19.1 Å². The van der Waals surface area contributed by atoms with Crippen LogP contribution in [0.4, 0.5) is 11.4 Å². The molecule has 2 rings (SSSR count). The molecule has 2 amide bonds. The van der Waals surface area contributed by atoms with Gasteiger partial charge in [0.05, 0.1) is 22.6 Å². The van der Waals surface area contributed by atoms with E-state index in [-0.39, 0.29) is 11.3 Å². The molecule has 0 bridgehead atoms. The minimum absolute atomic E-state index is 0.235. The third kappa shape index (κ3) is 2.33. The Labute approximate surface area is 115 Å². The molecule has 5 N–H and O–H groups in total. The Balaban J connectivity index is 2.36. The number of carbonyl (C=O) groups excluding carboxylic acids is 2. The number of carbonyl (C=O) groups is 2. The van der Waals surface area contributed by atoms with Crippen LogP contribution in [0.2, 0.25) is 0 Å². The van der Waals surface area contributed by atoms with E-state index in [9.17, 15) is 9.59 Å². The number of rotatable bonds is 3. The maximum absolute atomic E-state index is 12.2. The highest BCUT2D eigenvalue weighted by atomic mass is 16.2. The summed E-state index contributed by atoms with van der Waals surface area (Å²) >= 11 is 0. The van der Waals surface area contributed by atoms with Crippen molar-refractivity contribution in [1.82, 2.24) is 9.78 Å². The van der Waals surface area contributed by atoms with E-state index in [2.05, 4.69) is 10.4 Å². The predicted octanol–water partition coefficient (Wildman–Crippen LogP) is 0.662. The quantitative estimate of drug-likeness (QED) is 0.761. The van der Waals surface area contributed by atoms with Crippen molar-refractivity contribution in [3.8, 4) is 0 Å². The zero-order valence-electron chi connectivity index (χ0n) is 11.2. The monoisotopic (exact) mass is 273 g/mol. The summed E-state index contributed by atoms with van der Waals surface area (Å²) in [5.74, 6) is -1.06. The van der Waals surface area contributed by atoms with Gasteiger partial charge in [0.15, 0.2) is 0 Å². The van der Waals surface area contributed by atoms with E-state index in [1.54, 1.807) is 32.2 Å². The summed E-state index contributed by atoms with van der Waals surface area (Å²) < 4.78 is 1.40. The number of para-hydroxylation sites is 1. The summed E-state index contributed by atoms with van der Waals surface area (Å²) in [4.78, 5) is 23.5. The van der Waals surface area contributed by atoms with Crippen LogP contribution < -0.4 is 16.8 Å². The highest BCUT2D eigenvalue weighted by molar-refractivity contribution is 6.10. The Morgan fingerprint density at radius 1 is 1.30 bits per heavy atom. The molecule has 1 aromatic heterocycles. The fourth-order valence-electron chi connectivity index (χ4n) is 1.93. The lowest BCUT2D eigenvalue weighted by Gasteiger charge is -2.09. The number of hydrogen-bond donors (Lipinski definition) is 3. The molecule has 104 valence electrons. The Bertz CT molecular complexity index is 690. The normalized spacial score (nSPS) is 10.3. The second-order valence-electron chi connectivity index (χ2n) is 4.34. The Morgan fingerprint density at radius 2 is 1.95 bits per heavy atom. The number of nitrogens with two attached hydrogens (primary N) is 2. The molecule has 20 heavy (non-hydrogen) atoms. The molecule has 1 aromatic carbocycles. The number of anilines is 2. The summed E-state index contributed by atoms with van der Waals surface area (Å²) in [6.45, 7) is 1.71. The van der Waals surface area contributed by atoms with E-state index >= 15 is 0 Å². The Hall–Kier alpha value is -2.83. The first kappa shape index (κ1) is 13.6. The molecule has 0 aliphatic rings. The molecule has 0 aliphatic carbocycles. The standard InChI is InChI=1S/C13H15N5O2/c1-7-10(14)11(18(2)17-7)13(20)16-9-6-4-3-5-8(9)12(15)19/h3-6H,14H2,1-2H3,(H2,15,19)(H,16,20). The molecule has 0 spiro atoms. The molecule has 0 unspecified atom stereocenters. The van der Waals surface area contributed by atoms with Gasteiger partial charge in [0, 0.05) is 7.05 Å². The number of nitrogens with zero attached hydrogens (tertiary/aromatic N) is 2. The van der Waals surface area contributed by atoms with Crippen LogP contribution in [0.1, 0.15) is 26.5 Å². The van der Waals surface area contributed by atoms with Gasteiger partial charge in [-0.3, -0.25) is 14.3 Å². The van der Waals surface area contributed by atoms with Gasteiger partial charge >= 0.3 is 0 Å². The van der Waals surface area contributed by atoms with Gasteiger partial charge in [0.1, 0.15) is 5.69 Å². The van der Waals surface area contributed by atoms with Crippen molar-refractivity contribution >= 4 is 23.2 Å². The smallest absolute Gasteiger partial charge is 0.276 e. The van der Waals surface area contributed by atoms with Crippen LogP contribution in [0, 0.1) is 6.92 Å². The molecule has 7 nitrogen and oxygen atoms in total. The molecule has 0 saturated heterocycles. The fourth-order valence-corrected chi connectivity index (χ4v) is 1.93. The van der Waals surface area contributed by atoms with E-state index < -0.39 is 11.8 Å². The minimum Gasteiger partial charge on any atom is -0.395 e. The molecule has 0 atom stereocenters. The number of benzene rings is 1. The van der Waals surface area contributed by atoms with Crippen molar-refractivity contribution in [3.63, 3.8) is 0 Å². The maximum atomic E-state index is 12.2. The Morgan fingerprint density at radius 3 is 2.50 bits per heavy atom. The first-order chi connectivity index (χ1) is 9.41. The van der Waals surface area contributed by atoms with Gasteiger partial charge in [0.25, 0.3) is 11.8 Å². The van der Waals surface area contributed by atoms with Crippen molar-refractivity contribution in [2.45, 2.75) is 6.92 Å². The van der Waals surface area contributed by atoms with E-state index in [0.717, 1.165) is 0 Å². The summed E-state index contributed by atoms with van der Waals surface area (Å²) in [6, 6.07) is 6.49. The number of amides is 2. The molecule has 7 heteroatoms. The number of hydrogen-bond acceptors (Lipinski definition) is 4. The van der Waals surface area contributed by atoms with Crippen molar-refractivity contribution in [1.29, 1.82) is 0 Å². The van der Waals surface area contributed by atoms with Gasteiger partial charge < -0.3 is 16.8 Å². The van der Waals surface area contributed by atoms with Crippen LogP contribution in [-0.4, -0.2) is 21.6 Å². The number of aryl methyl sites for hydroxylation is 2. The fraction of sp³-hybridized carbons (Fsp3) is 0.154. The lowest BCUT2D eigenvalue weighted by atomic mass is 10.1. The van der Waals surface area contributed by atoms with Gasteiger partial charge in [-0.25, -0.2) is 0 Å². The van der Waals surface area contributed by atoms with Crippen molar-refractivity contribution in [2.24, 2.45) is 12.8 Å². The zero-order valence-corrected chi connectivity index (χ0v) is 11.2. The van der Waals surface area contributed by atoms with E-state index in [1.165, 1.54) is 10.7 Å². The van der Waals surface area contributed by atoms with Crippen LogP contribution in [0.5, 0.6) is 0 Å².